The summed E-state index contributed by atoms with van der Waals surface area (Å²) in [6, 6.07) is 0. The van der Waals surface area contributed by atoms with E-state index in [0.29, 0.717) is 12.8 Å². The summed E-state index contributed by atoms with van der Waals surface area (Å²) < 4.78 is 5.02. The fraction of sp³-hybridized carbons (Fsp3) is 0.684. The zero-order valence-corrected chi connectivity index (χ0v) is 14.2. The maximum atomic E-state index is 13.6. The van der Waals surface area contributed by atoms with E-state index in [1.165, 1.54) is 7.11 Å². The molecule has 2 bridgehead atoms. The molecule has 24 heavy (non-hydrogen) atoms. The van der Waals surface area contributed by atoms with Gasteiger partial charge < -0.3 is 4.74 Å². The van der Waals surface area contributed by atoms with Crippen molar-refractivity contribution in [2.45, 2.75) is 26.7 Å². The number of hydrogen-bond acceptors (Lipinski definition) is 5. The molecule has 0 aromatic heterocycles. The normalized spacial score (nSPS) is 49.1. The largest absolute Gasteiger partial charge is 0.468 e. The average molecular weight is 330 g/mol. The Kier molecular flexibility index (Phi) is 3.19. The lowest BCUT2D eigenvalue weighted by Gasteiger charge is -2.52. The zero-order valence-electron chi connectivity index (χ0n) is 14.2. The predicted molar refractivity (Wildman–Crippen MR) is 83.6 cm³/mol. The minimum atomic E-state index is -1.42. The molecule has 0 aromatic carbocycles. The molecule has 3 saturated carbocycles. The number of carbonyl (C=O) groups is 4. The van der Waals surface area contributed by atoms with Crippen LogP contribution in [0.2, 0.25) is 0 Å². The second kappa shape index (κ2) is 4.87. The number of ketones is 3. The number of esters is 1. The second-order valence-corrected chi connectivity index (χ2v) is 7.96. The van der Waals surface area contributed by atoms with Gasteiger partial charge in [-0.05, 0) is 24.2 Å². The molecule has 8 atom stereocenters. The third-order valence-corrected chi connectivity index (χ3v) is 7.07. The van der Waals surface area contributed by atoms with E-state index in [1.807, 2.05) is 26.0 Å². The van der Waals surface area contributed by atoms with E-state index in [9.17, 15) is 19.2 Å². The number of ether oxygens (including phenoxy) is 1. The number of Topliss-reactive ketones (excluding diaryl/α,β-unsaturated/α-hetero) is 3. The van der Waals surface area contributed by atoms with E-state index in [0.717, 1.165) is 0 Å². The highest BCUT2D eigenvalue weighted by atomic mass is 16.5. The van der Waals surface area contributed by atoms with Crippen LogP contribution in [0.15, 0.2) is 12.2 Å². The highest BCUT2D eigenvalue weighted by Gasteiger charge is 2.72. The van der Waals surface area contributed by atoms with Gasteiger partial charge in [-0.2, -0.15) is 0 Å². The molecule has 4 aliphatic carbocycles. The van der Waals surface area contributed by atoms with Crippen LogP contribution in [-0.2, 0) is 23.9 Å². The fourth-order valence-electron chi connectivity index (χ4n) is 6.10. The van der Waals surface area contributed by atoms with Crippen LogP contribution >= 0.6 is 0 Å². The van der Waals surface area contributed by atoms with Gasteiger partial charge in [0.1, 0.15) is 17.0 Å². The first kappa shape index (κ1) is 15.7. The van der Waals surface area contributed by atoms with Crippen molar-refractivity contribution in [3.63, 3.8) is 0 Å². The number of allylic oxidation sites excluding steroid dienone is 2. The first-order valence-corrected chi connectivity index (χ1v) is 8.73. The van der Waals surface area contributed by atoms with Crippen molar-refractivity contribution in [2.75, 3.05) is 7.11 Å². The molecule has 0 radical (unpaired) electrons. The van der Waals surface area contributed by atoms with Crippen molar-refractivity contribution < 1.29 is 23.9 Å². The van der Waals surface area contributed by atoms with Crippen molar-refractivity contribution in [3.8, 4) is 0 Å². The summed E-state index contributed by atoms with van der Waals surface area (Å²) in [5, 5.41) is 0. The van der Waals surface area contributed by atoms with Crippen LogP contribution in [0.3, 0.4) is 0 Å². The molecule has 4 aliphatic rings. The van der Waals surface area contributed by atoms with Crippen LogP contribution in [0.4, 0.5) is 0 Å². The monoisotopic (exact) mass is 330 g/mol. The van der Waals surface area contributed by atoms with Gasteiger partial charge in [0.05, 0.1) is 7.11 Å². The van der Waals surface area contributed by atoms with Gasteiger partial charge in [0.25, 0.3) is 0 Å². The molecule has 128 valence electrons. The standard InChI is InChI=1S/C19H22O5/c1-8-4-5-9(2)19(18(23)24-3)15(8)16(21)14-11-6-10(7-12(11)20)13(14)17(19)22/h4-5,8-11,13-15H,6-7H2,1-3H3/t8-,9+,10+,11-,13?,14?,15?,19?/m0/s1. The number of methoxy groups -OCH3 is 1. The van der Waals surface area contributed by atoms with Crippen LogP contribution in [0, 0.1) is 46.8 Å². The molecule has 0 spiro atoms. The summed E-state index contributed by atoms with van der Waals surface area (Å²) in [6.07, 6.45) is 4.76. The molecule has 0 aliphatic heterocycles. The Morgan fingerprint density at radius 3 is 2.54 bits per heavy atom. The Bertz CT molecular complexity index is 692. The Labute approximate surface area is 140 Å². The number of hydrogen-bond donors (Lipinski definition) is 0. The molecular weight excluding hydrogens is 308 g/mol. The molecular formula is C19H22O5. The topological polar surface area (TPSA) is 77.5 Å². The molecule has 0 saturated heterocycles. The van der Waals surface area contributed by atoms with Crippen LogP contribution < -0.4 is 0 Å². The molecule has 0 aromatic rings. The predicted octanol–water partition coefficient (Wildman–Crippen LogP) is 1.60. The van der Waals surface area contributed by atoms with E-state index in [2.05, 4.69) is 0 Å². The lowest BCUT2D eigenvalue weighted by atomic mass is 9.47. The molecule has 0 amide bonds. The van der Waals surface area contributed by atoms with Crippen molar-refractivity contribution in [1.29, 1.82) is 0 Å². The average Bonchev–Trinajstić information content (AvgIpc) is 3.11. The summed E-state index contributed by atoms with van der Waals surface area (Å²) in [4.78, 5) is 51.9. The van der Waals surface area contributed by atoms with Crippen LogP contribution in [-0.4, -0.2) is 30.4 Å². The molecule has 0 N–H and O–H groups in total. The first-order chi connectivity index (χ1) is 11.4. The van der Waals surface area contributed by atoms with E-state index in [1.54, 1.807) is 0 Å². The Balaban J connectivity index is 1.91. The maximum Gasteiger partial charge on any atom is 0.320 e. The highest BCUT2D eigenvalue weighted by molar-refractivity contribution is 6.16. The van der Waals surface area contributed by atoms with Crippen molar-refractivity contribution in [2.24, 2.45) is 46.8 Å². The minimum absolute atomic E-state index is 0.0748. The summed E-state index contributed by atoms with van der Waals surface area (Å²) in [7, 11) is 1.28. The maximum absolute atomic E-state index is 13.6. The lowest BCUT2D eigenvalue weighted by molar-refractivity contribution is -0.180. The number of fused-ring (bicyclic) bond motifs is 6. The van der Waals surface area contributed by atoms with Crippen LogP contribution in [0.5, 0.6) is 0 Å². The van der Waals surface area contributed by atoms with E-state index in [-0.39, 0.29) is 41.0 Å². The Morgan fingerprint density at radius 2 is 1.88 bits per heavy atom. The zero-order chi connectivity index (χ0) is 17.4. The summed E-state index contributed by atoms with van der Waals surface area (Å²) >= 11 is 0. The molecule has 3 fully saturated rings. The SMILES string of the molecule is COC(=O)C12C(=O)C3C(C(=O)C1[C@@H](C)C=C[C@H]2C)[C@H]1C[C@@H]3CC1=O. The van der Waals surface area contributed by atoms with Crippen molar-refractivity contribution in [3.05, 3.63) is 12.2 Å². The van der Waals surface area contributed by atoms with Crippen LogP contribution in [0.1, 0.15) is 26.7 Å². The number of rotatable bonds is 1. The van der Waals surface area contributed by atoms with Gasteiger partial charge in [-0.3, -0.25) is 19.2 Å². The molecule has 0 heterocycles. The summed E-state index contributed by atoms with van der Waals surface area (Å²) in [6.45, 7) is 3.68. The lowest BCUT2D eigenvalue weighted by Crippen LogP contribution is -2.65. The van der Waals surface area contributed by atoms with E-state index < -0.39 is 29.1 Å². The third kappa shape index (κ3) is 1.56. The van der Waals surface area contributed by atoms with Gasteiger partial charge in [0.2, 0.25) is 0 Å². The van der Waals surface area contributed by atoms with Gasteiger partial charge in [-0.15, -0.1) is 0 Å². The smallest absolute Gasteiger partial charge is 0.320 e. The molecule has 5 nitrogen and oxygen atoms in total. The van der Waals surface area contributed by atoms with Crippen molar-refractivity contribution in [1.82, 2.24) is 0 Å². The first-order valence-electron chi connectivity index (χ1n) is 8.73. The van der Waals surface area contributed by atoms with Crippen molar-refractivity contribution >= 4 is 23.3 Å². The molecule has 5 heteroatoms. The van der Waals surface area contributed by atoms with Gasteiger partial charge in [0.15, 0.2) is 5.78 Å². The van der Waals surface area contributed by atoms with Crippen LogP contribution in [0.25, 0.3) is 0 Å². The Hall–Kier alpha value is -1.78. The quantitative estimate of drug-likeness (QED) is 0.414. The van der Waals surface area contributed by atoms with Gasteiger partial charge in [-0.25, -0.2) is 0 Å². The van der Waals surface area contributed by atoms with Gasteiger partial charge in [-0.1, -0.05) is 26.0 Å². The summed E-state index contributed by atoms with van der Waals surface area (Å²) in [5.41, 5.74) is -1.42. The summed E-state index contributed by atoms with van der Waals surface area (Å²) in [5.74, 6) is -3.44. The minimum Gasteiger partial charge on any atom is -0.468 e. The Morgan fingerprint density at radius 1 is 1.17 bits per heavy atom. The van der Waals surface area contributed by atoms with E-state index >= 15 is 0 Å². The third-order valence-electron chi connectivity index (χ3n) is 7.07. The van der Waals surface area contributed by atoms with Gasteiger partial charge in [0, 0.05) is 30.1 Å². The number of carbonyl (C=O) groups excluding carboxylic acids is 4. The molecule has 4 rings (SSSR count). The molecule has 4 unspecified atom stereocenters. The van der Waals surface area contributed by atoms with E-state index in [4.69, 9.17) is 4.74 Å². The second-order valence-electron chi connectivity index (χ2n) is 7.96. The van der Waals surface area contributed by atoms with Gasteiger partial charge >= 0.3 is 5.97 Å². The fourth-order valence-corrected chi connectivity index (χ4v) is 6.10. The highest BCUT2D eigenvalue weighted by Crippen LogP contribution is 2.62.